The summed E-state index contributed by atoms with van der Waals surface area (Å²) in [5.74, 6) is 0.867. The Labute approximate surface area is 286 Å². The third kappa shape index (κ3) is 17.4. The Morgan fingerprint density at radius 3 is 2.02 bits per heavy atom. The molecule has 2 heterocycles. The molecule has 1 atom stereocenters. The van der Waals surface area contributed by atoms with Crippen LogP contribution in [0.5, 0.6) is 0 Å². The van der Waals surface area contributed by atoms with E-state index in [2.05, 4.69) is 21.9 Å². The Hall–Kier alpha value is -2.28. The Morgan fingerprint density at radius 2 is 1.50 bits per heavy atom. The van der Waals surface area contributed by atoms with Crippen LogP contribution in [0.15, 0.2) is 22.5 Å². The molecule has 0 aliphatic rings. The lowest BCUT2D eigenvalue weighted by atomic mass is 10.0. The van der Waals surface area contributed by atoms with Gasteiger partial charge in [-0.05, 0) is 25.8 Å². The van der Waals surface area contributed by atoms with Gasteiger partial charge >= 0.3 is 7.60 Å². The minimum atomic E-state index is -4.30. The SMILES string of the molecule is CCCCCCCCCCCCCCCCCCOC(CN(CC(O)CO)c1nc2c(ncn2CCOCP(=O)(O)O)c(=O)[nH]1)=C(C)C. The quantitative estimate of drug-likeness (QED) is 0.0381. The molecule has 0 saturated carbocycles. The van der Waals surface area contributed by atoms with E-state index in [1.807, 2.05) is 13.8 Å². The highest BCUT2D eigenvalue weighted by molar-refractivity contribution is 7.51. The summed E-state index contributed by atoms with van der Waals surface area (Å²) in [6, 6.07) is 0. The van der Waals surface area contributed by atoms with Crippen LogP contribution in [0.25, 0.3) is 11.2 Å². The molecule has 0 spiro atoms. The Morgan fingerprint density at radius 1 is 0.938 bits per heavy atom. The lowest BCUT2D eigenvalue weighted by Gasteiger charge is -2.27. The smallest absolute Gasteiger partial charge is 0.350 e. The maximum Gasteiger partial charge on any atom is 0.350 e. The zero-order valence-electron chi connectivity index (χ0n) is 29.6. The largest absolute Gasteiger partial charge is 0.496 e. The predicted molar refractivity (Wildman–Crippen MR) is 190 cm³/mol. The second kappa shape index (κ2) is 24.0. The molecule has 48 heavy (non-hydrogen) atoms. The van der Waals surface area contributed by atoms with Gasteiger partial charge in [-0.15, -0.1) is 0 Å². The second-order valence-corrected chi connectivity index (χ2v) is 14.6. The van der Waals surface area contributed by atoms with E-state index in [0.717, 1.165) is 18.4 Å². The van der Waals surface area contributed by atoms with Gasteiger partial charge in [0.15, 0.2) is 11.2 Å². The number of hydrogen-bond donors (Lipinski definition) is 5. The molecule has 0 saturated heterocycles. The molecule has 0 aliphatic heterocycles. The molecule has 0 aromatic carbocycles. The average molecular weight is 700 g/mol. The number of rotatable bonds is 29. The third-order valence-electron chi connectivity index (χ3n) is 8.31. The van der Waals surface area contributed by atoms with Crippen LogP contribution in [0.2, 0.25) is 0 Å². The first-order valence-electron chi connectivity index (χ1n) is 18.0. The van der Waals surface area contributed by atoms with Gasteiger partial charge in [-0.25, -0.2) is 4.98 Å². The highest BCUT2D eigenvalue weighted by Gasteiger charge is 2.20. The van der Waals surface area contributed by atoms with Crippen molar-refractivity contribution in [2.24, 2.45) is 0 Å². The van der Waals surface area contributed by atoms with Gasteiger partial charge < -0.3 is 38.9 Å². The number of imidazole rings is 1. The number of aliphatic hydroxyl groups is 2. The van der Waals surface area contributed by atoms with Crippen LogP contribution in [0.3, 0.4) is 0 Å². The minimum absolute atomic E-state index is 0.0103. The summed E-state index contributed by atoms with van der Waals surface area (Å²) in [6.07, 6.45) is 20.4. The Bertz CT molecular complexity index is 1290. The van der Waals surface area contributed by atoms with Gasteiger partial charge in [0.05, 0.1) is 38.8 Å². The van der Waals surface area contributed by atoms with Crippen LogP contribution < -0.4 is 10.5 Å². The van der Waals surface area contributed by atoms with Crippen molar-refractivity contribution in [3.63, 3.8) is 0 Å². The third-order valence-corrected chi connectivity index (χ3v) is 8.82. The van der Waals surface area contributed by atoms with E-state index in [1.165, 1.54) is 96.2 Å². The number of aliphatic hydroxyl groups excluding tert-OH is 2. The van der Waals surface area contributed by atoms with Crippen molar-refractivity contribution in [1.29, 1.82) is 0 Å². The number of nitrogens with zero attached hydrogens (tertiary/aromatic N) is 4. The predicted octanol–water partition coefficient (Wildman–Crippen LogP) is 6.00. The molecule has 0 amide bonds. The fraction of sp³-hybridized carbons (Fsp3) is 0.794. The van der Waals surface area contributed by atoms with Crippen molar-refractivity contribution >= 4 is 24.7 Å². The van der Waals surface area contributed by atoms with Crippen LogP contribution in [0, 0.1) is 0 Å². The summed E-state index contributed by atoms with van der Waals surface area (Å²) in [5, 5.41) is 19.9. The number of allylic oxidation sites excluding steroid dienone is 1. The normalized spacial score (nSPS) is 12.5. The molecule has 5 N–H and O–H groups in total. The minimum Gasteiger partial charge on any atom is -0.496 e. The van der Waals surface area contributed by atoms with Crippen LogP contribution in [-0.4, -0.2) is 84.9 Å². The second-order valence-electron chi connectivity index (χ2n) is 13.0. The number of aromatic amines is 1. The van der Waals surface area contributed by atoms with Gasteiger partial charge in [0, 0.05) is 13.1 Å². The van der Waals surface area contributed by atoms with Gasteiger partial charge in [-0.3, -0.25) is 14.3 Å². The molecule has 0 bridgehead atoms. The van der Waals surface area contributed by atoms with Crippen LogP contribution in [0.1, 0.15) is 124 Å². The lowest BCUT2D eigenvalue weighted by Crippen LogP contribution is -2.38. The molecule has 2 aromatic heterocycles. The summed E-state index contributed by atoms with van der Waals surface area (Å²) >= 11 is 0. The molecule has 2 rings (SSSR count). The molecular weight excluding hydrogens is 637 g/mol. The zero-order valence-corrected chi connectivity index (χ0v) is 30.5. The number of unbranched alkanes of at least 4 members (excludes halogenated alkanes) is 15. The van der Waals surface area contributed by atoms with Gasteiger partial charge in [0.2, 0.25) is 5.95 Å². The van der Waals surface area contributed by atoms with Crippen LogP contribution in [0.4, 0.5) is 5.95 Å². The summed E-state index contributed by atoms with van der Waals surface area (Å²) in [5.41, 5.74) is 0.815. The number of H-pyrrole nitrogens is 1. The van der Waals surface area contributed by atoms with E-state index in [0.29, 0.717) is 12.4 Å². The Balaban J connectivity index is 1.82. The van der Waals surface area contributed by atoms with E-state index in [9.17, 15) is 19.6 Å². The van der Waals surface area contributed by atoms with Crippen molar-refractivity contribution in [3.05, 3.63) is 28.0 Å². The highest BCUT2D eigenvalue weighted by Crippen LogP contribution is 2.33. The number of ether oxygens (including phenoxy) is 2. The molecular formula is C34H62N5O8P. The summed E-state index contributed by atoms with van der Waals surface area (Å²) < 4.78 is 23.9. The molecule has 0 radical (unpaired) electrons. The van der Waals surface area contributed by atoms with Crippen molar-refractivity contribution in [1.82, 2.24) is 19.5 Å². The standard InChI is InChI=1S/C34H62N5O8P/c1-4-5-6-7-8-9-10-11-12-13-14-15-16-17-18-19-21-47-30(28(2)3)24-39(23-29(41)25-40)34-36-32-31(33(42)37-34)35-26-38(32)20-22-46-27-48(43,44)45/h26,29,40-41H,4-25,27H2,1-3H3,(H,36,37,42)(H2,43,44,45). The monoisotopic (exact) mass is 699 g/mol. The van der Waals surface area contributed by atoms with Crippen molar-refractivity contribution in [3.8, 4) is 0 Å². The molecule has 2 aromatic rings. The summed E-state index contributed by atoms with van der Waals surface area (Å²) in [6.45, 7) is 6.57. The van der Waals surface area contributed by atoms with Crippen LogP contribution in [-0.2, 0) is 20.6 Å². The van der Waals surface area contributed by atoms with Gasteiger partial charge in [-0.1, -0.05) is 103 Å². The summed E-state index contributed by atoms with van der Waals surface area (Å²) in [4.78, 5) is 44.0. The molecule has 13 nitrogen and oxygen atoms in total. The molecule has 0 fully saturated rings. The van der Waals surface area contributed by atoms with E-state index in [1.54, 1.807) is 9.47 Å². The first-order valence-corrected chi connectivity index (χ1v) is 19.8. The van der Waals surface area contributed by atoms with E-state index < -0.39 is 32.2 Å². The lowest BCUT2D eigenvalue weighted by molar-refractivity contribution is 0.0988. The first-order chi connectivity index (χ1) is 23.1. The molecule has 276 valence electrons. The van der Waals surface area contributed by atoms with Gasteiger partial charge in [0.1, 0.15) is 12.1 Å². The molecule has 1 unspecified atom stereocenters. The summed E-state index contributed by atoms with van der Waals surface area (Å²) in [7, 11) is -4.30. The van der Waals surface area contributed by atoms with Crippen molar-refractivity contribution < 1.29 is 34.0 Å². The van der Waals surface area contributed by atoms with Gasteiger partial charge in [0.25, 0.3) is 5.56 Å². The number of aromatic nitrogens is 4. The maximum atomic E-state index is 12.9. The fourth-order valence-corrected chi connectivity index (χ4v) is 5.87. The number of nitrogens with one attached hydrogen (secondary N) is 1. The van der Waals surface area contributed by atoms with Crippen molar-refractivity contribution in [2.45, 2.75) is 136 Å². The molecule has 14 heteroatoms. The fourth-order valence-electron chi connectivity index (χ4n) is 5.51. The first kappa shape index (κ1) is 41.9. The van der Waals surface area contributed by atoms with Crippen molar-refractivity contribution in [2.75, 3.05) is 44.2 Å². The van der Waals surface area contributed by atoms with E-state index >= 15 is 0 Å². The topological polar surface area (TPSA) is 183 Å². The number of anilines is 1. The van der Waals surface area contributed by atoms with E-state index in [-0.39, 0.29) is 43.4 Å². The average Bonchev–Trinajstić information content (AvgIpc) is 3.46. The van der Waals surface area contributed by atoms with Gasteiger partial charge in [-0.2, -0.15) is 4.98 Å². The molecule has 0 aliphatic carbocycles. The number of hydrogen-bond acceptors (Lipinski definition) is 9. The van der Waals surface area contributed by atoms with Crippen LogP contribution >= 0.6 is 7.60 Å². The maximum absolute atomic E-state index is 12.9. The zero-order chi connectivity index (χ0) is 35.2. The highest BCUT2D eigenvalue weighted by atomic mass is 31.2. The van der Waals surface area contributed by atoms with E-state index in [4.69, 9.17) is 19.3 Å². The number of fused-ring (bicyclic) bond motifs is 1. The Kier molecular flexibility index (Phi) is 20.9.